The van der Waals surface area contributed by atoms with Crippen molar-refractivity contribution in [1.29, 1.82) is 0 Å². The molecule has 0 unspecified atom stereocenters. The molecule has 1 heterocycles. The summed E-state index contributed by atoms with van der Waals surface area (Å²) >= 11 is 6.26. The molecule has 110 valence electrons. The Balaban J connectivity index is 1.89. The molecule has 0 fully saturated rings. The second-order valence-corrected chi connectivity index (χ2v) is 5.94. The van der Waals surface area contributed by atoms with Crippen molar-refractivity contribution < 1.29 is 0 Å². The van der Waals surface area contributed by atoms with Gasteiger partial charge in [-0.1, -0.05) is 11.6 Å². The molecule has 0 saturated heterocycles. The summed E-state index contributed by atoms with van der Waals surface area (Å²) in [6, 6.07) is 5.58. The van der Waals surface area contributed by atoms with Gasteiger partial charge in [0.1, 0.15) is 12.1 Å². The van der Waals surface area contributed by atoms with Crippen LogP contribution in [-0.2, 0) is 19.4 Å². The van der Waals surface area contributed by atoms with Gasteiger partial charge in [-0.25, -0.2) is 9.97 Å². The number of nitrogens with zero attached hydrogens (tertiary/aromatic N) is 3. The third-order valence-corrected chi connectivity index (χ3v) is 4.31. The Bertz CT molecular complexity index is 657. The number of anilines is 2. The number of hydrogen-bond acceptors (Lipinski definition) is 4. The van der Waals surface area contributed by atoms with Crippen LogP contribution in [0.5, 0.6) is 0 Å². The summed E-state index contributed by atoms with van der Waals surface area (Å²) in [6.07, 6.45) is 6.20. The van der Waals surface area contributed by atoms with E-state index >= 15 is 0 Å². The van der Waals surface area contributed by atoms with E-state index in [1.165, 1.54) is 24.1 Å². The fraction of sp³-hybridized carbons (Fsp3) is 0.375. The van der Waals surface area contributed by atoms with E-state index in [9.17, 15) is 0 Å². The highest BCUT2D eigenvalue weighted by atomic mass is 35.5. The van der Waals surface area contributed by atoms with Gasteiger partial charge >= 0.3 is 0 Å². The van der Waals surface area contributed by atoms with Crippen LogP contribution < -0.4 is 10.6 Å². The standard InChI is InChI=1S/C16H19ClN4/c1-21(9-11-8-12(18)6-7-14(11)17)16-13-4-2-3-5-15(13)19-10-20-16/h6-8,10H,2-5,9,18H2,1H3. The van der Waals surface area contributed by atoms with Gasteiger partial charge in [0.25, 0.3) is 0 Å². The molecule has 0 atom stereocenters. The first kappa shape index (κ1) is 14.1. The number of aromatic nitrogens is 2. The van der Waals surface area contributed by atoms with Crippen LogP contribution >= 0.6 is 11.6 Å². The first-order valence-corrected chi connectivity index (χ1v) is 7.60. The van der Waals surface area contributed by atoms with Crippen LogP contribution in [0.4, 0.5) is 11.5 Å². The monoisotopic (exact) mass is 302 g/mol. The van der Waals surface area contributed by atoms with Gasteiger partial charge in [-0.05, 0) is 49.4 Å². The van der Waals surface area contributed by atoms with Crippen molar-refractivity contribution in [2.75, 3.05) is 17.7 Å². The molecule has 1 aliphatic rings. The normalized spacial score (nSPS) is 13.8. The molecule has 2 aromatic rings. The molecule has 1 aromatic heterocycles. The third kappa shape index (κ3) is 2.95. The largest absolute Gasteiger partial charge is 0.399 e. The first-order valence-electron chi connectivity index (χ1n) is 7.23. The van der Waals surface area contributed by atoms with Crippen LogP contribution in [-0.4, -0.2) is 17.0 Å². The molecule has 5 heteroatoms. The second kappa shape index (κ2) is 5.90. The minimum absolute atomic E-state index is 0.688. The zero-order valence-corrected chi connectivity index (χ0v) is 12.9. The van der Waals surface area contributed by atoms with E-state index in [1.54, 1.807) is 6.33 Å². The average Bonchev–Trinajstić information content (AvgIpc) is 2.50. The van der Waals surface area contributed by atoms with E-state index in [0.29, 0.717) is 6.54 Å². The smallest absolute Gasteiger partial charge is 0.135 e. The van der Waals surface area contributed by atoms with Gasteiger partial charge in [-0.3, -0.25) is 0 Å². The number of nitrogens with two attached hydrogens (primary N) is 1. The second-order valence-electron chi connectivity index (χ2n) is 5.54. The van der Waals surface area contributed by atoms with Crippen molar-refractivity contribution in [3.63, 3.8) is 0 Å². The third-order valence-electron chi connectivity index (χ3n) is 3.94. The summed E-state index contributed by atoms with van der Waals surface area (Å²) in [5.74, 6) is 1.01. The summed E-state index contributed by atoms with van der Waals surface area (Å²) in [5, 5.41) is 0.735. The number of nitrogen functional groups attached to an aromatic ring is 1. The maximum absolute atomic E-state index is 6.26. The highest BCUT2D eigenvalue weighted by Crippen LogP contribution is 2.28. The summed E-state index contributed by atoms with van der Waals surface area (Å²) in [7, 11) is 2.04. The average molecular weight is 303 g/mol. The van der Waals surface area contributed by atoms with Gasteiger partial charge in [0.05, 0.1) is 0 Å². The molecular formula is C16H19ClN4. The van der Waals surface area contributed by atoms with E-state index < -0.39 is 0 Å². The molecule has 1 aliphatic carbocycles. The fourth-order valence-electron chi connectivity index (χ4n) is 2.88. The van der Waals surface area contributed by atoms with Crippen LogP contribution in [0.15, 0.2) is 24.5 Å². The van der Waals surface area contributed by atoms with Gasteiger partial charge in [-0.2, -0.15) is 0 Å². The lowest BCUT2D eigenvalue weighted by atomic mass is 9.96. The van der Waals surface area contributed by atoms with Gasteiger partial charge < -0.3 is 10.6 Å². The molecule has 0 saturated carbocycles. The Labute approximate surface area is 130 Å². The highest BCUT2D eigenvalue weighted by molar-refractivity contribution is 6.31. The van der Waals surface area contributed by atoms with Crippen molar-refractivity contribution in [3.8, 4) is 0 Å². The lowest BCUT2D eigenvalue weighted by Gasteiger charge is -2.25. The molecule has 2 N–H and O–H groups in total. The van der Waals surface area contributed by atoms with Crippen LogP contribution in [0.1, 0.15) is 29.7 Å². The Morgan fingerprint density at radius 1 is 1.24 bits per heavy atom. The molecular weight excluding hydrogens is 284 g/mol. The van der Waals surface area contributed by atoms with Gasteiger partial charge in [0, 0.05) is 35.6 Å². The summed E-state index contributed by atoms with van der Waals surface area (Å²) < 4.78 is 0. The number of halogens is 1. The molecule has 3 rings (SSSR count). The fourth-order valence-corrected chi connectivity index (χ4v) is 3.06. The number of fused-ring (bicyclic) bond motifs is 1. The van der Waals surface area contributed by atoms with Crippen LogP contribution in [0.2, 0.25) is 5.02 Å². The molecule has 0 aliphatic heterocycles. The summed E-state index contributed by atoms with van der Waals surface area (Å²) in [5.41, 5.74) is 10.1. The highest BCUT2D eigenvalue weighted by Gasteiger charge is 2.18. The van der Waals surface area contributed by atoms with Gasteiger partial charge in [0.15, 0.2) is 0 Å². The Hall–Kier alpha value is -1.81. The number of rotatable bonds is 3. The van der Waals surface area contributed by atoms with Crippen molar-refractivity contribution in [1.82, 2.24) is 9.97 Å². The van der Waals surface area contributed by atoms with Crippen molar-refractivity contribution in [2.24, 2.45) is 0 Å². The van der Waals surface area contributed by atoms with Crippen molar-refractivity contribution >= 4 is 23.1 Å². The lowest BCUT2D eigenvalue weighted by Crippen LogP contribution is -2.22. The van der Waals surface area contributed by atoms with Crippen molar-refractivity contribution in [3.05, 3.63) is 46.4 Å². The van der Waals surface area contributed by atoms with Gasteiger partial charge in [-0.15, -0.1) is 0 Å². The van der Waals surface area contributed by atoms with E-state index in [1.807, 2.05) is 25.2 Å². The van der Waals surface area contributed by atoms with Crippen molar-refractivity contribution in [2.45, 2.75) is 32.2 Å². The number of hydrogen-bond donors (Lipinski definition) is 1. The summed E-state index contributed by atoms with van der Waals surface area (Å²) in [6.45, 7) is 0.688. The Morgan fingerprint density at radius 2 is 2.05 bits per heavy atom. The maximum atomic E-state index is 6.26. The zero-order chi connectivity index (χ0) is 14.8. The van der Waals surface area contributed by atoms with Gasteiger partial charge in [0.2, 0.25) is 0 Å². The predicted molar refractivity (Wildman–Crippen MR) is 86.6 cm³/mol. The summed E-state index contributed by atoms with van der Waals surface area (Å²) in [4.78, 5) is 11.0. The van der Waals surface area contributed by atoms with Crippen LogP contribution in [0.3, 0.4) is 0 Å². The van der Waals surface area contributed by atoms with Crippen LogP contribution in [0, 0.1) is 0 Å². The zero-order valence-electron chi connectivity index (χ0n) is 12.1. The van der Waals surface area contributed by atoms with E-state index in [-0.39, 0.29) is 0 Å². The van der Waals surface area contributed by atoms with Crippen LogP contribution in [0.25, 0.3) is 0 Å². The Morgan fingerprint density at radius 3 is 2.90 bits per heavy atom. The van der Waals surface area contributed by atoms with E-state index in [0.717, 1.165) is 34.9 Å². The number of aryl methyl sites for hydroxylation is 1. The van der Waals surface area contributed by atoms with E-state index in [4.69, 9.17) is 17.3 Å². The lowest BCUT2D eigenvalue weighted by molar-refractivity contribution is 0.658. The molecule has 0 radical (unpaired) electrons. The topological polar surface area (TPSA) is 55.0 Å². The first-order chi connectivity index (χ1) is 10.1. The van der Waals surface area contributed by atoms with E-state index in [2.05, 4.69) is 14.9 Å². The molecule has 21 heavy (non-hydrogen) atoms. The minimum Gasteiger partial charge on any atom is -0.399 e. The maximum Gasteiger partial charge on any atom is 0.135 e. The predicted octanol–water partition coefficient (Wildman–Crippen LogP) is 3.23. The quantitative estimate of drug-likeness (QED) is 0.885. The Kier molecular flexibility index (Phi) is 3.97. The number of benzene rings is 1. The molecule has 0 spiro atoms. The molecule has 4 nitrogen and oxygen atoms in total. The molecule has 1 aromatic carbocycles. The minimum atomic E-state index is 0.688. The molecule has 0 amide bonds. The molecule has 0 bridgehead atoms. The SMILES string of the molecule is CN(Cc1cc(N)ccc1Cl)c1ncnc2c1CCCC2.